The van der Waals surface area contributed by atoms with Crippen molar-refractivity contribution in [2.75, 3.05) is 0 Å². The molecular weight excluding hydrogens is 371 g/mol. The van der Waals surface area contributed by atoms with E-state index in [1.165, 1.54) is 25.6 Å². The van der Waals surface area contributed by atoms with Crippen molar-refractivity contribution in [1.29, 1.82) is 0 Å². The third-order valence-electron chi connectivity index (χ3n) is 3.27. The average molecular weight is 384 g/mol. The minimum atomic E-state index is 1.08. The first-order valence-corrected chi connectivity index (χ1v) is 7.72. The third-order valence-corrected chi connectivity index (χ3v) is 4.77. The first-order chi connectivity index (χ1) is 8.36. The van der Waals surface area contributed by atoms with E-state index in [0.717, 1.165) is 37.2 Å². The van der Waals surface area contributed by atoms with Gasteiger partial charge in [-0.15, -0.1) is 0 Å². The molecular formula is C16H13Hf. The van der Waals surface area contributed by atoms with E-state index in [1.807, 2.05) is 0 Å². The first-order valence-electron chi connectivity index (χ1n) is 5.93. The molecule has 0 saturated heterocycles. The van der Waals surface area contributed by atoms with Gasteiger partial charge in [0.15, 0.2) is 0 Å². The quantitative estimate of drug-likeness (QED) is 0.685. The molecule has 2 aliphatic carbocycles. The summed E-state index contributed by atoms with van der Waals surface area (Å²) in [5, 5.41) is 0. The zero-order chi connectivity index (χ0) is 11.7. The van der Waals surface area contributed by atoms with Crippen LogP contribution < -0.4 is 3.32 Å². The average Bonchev–Trinajstić information content (AvgIpc) is 3.02. The van der Waals surface area contributed by atoms with Crippen molar-refractivity contribution in [2.24, 2.45) is 0 Å². The van der Waals surface area contributed by atoms with E-state index in [1.54, 1.807) is 0 Å². The summed E-state index contributed by atoms with van der Waals surface area (Å²) < 4.78 is 1.52. The van der Waals surface area contributed by atoms with Crippen LogP contribution in [-0.2, 0) is 24.4 Å². The Morgan fingerprint density at radius 2 is 1.59 bits per heavy atom. The van der Waals surface area contributed by atoms with Crippen molar-refractivity contribution in [3.63, 3.8) is 0 Å². The molecule has 2 aliphatic rings. The van der Waals surface area contributed by atoms with Crippen LogP contribution in [0.5, 0.6) is 0 Å². The summed E-state index contributed by atoms with van der Waals surface area (Å²) in [6, 6.07) is 6.74. The van der Waals surface area contributed by atoms with Crippen molar-refractivity contribution in [2.45, 2.75) is 12.8 Å². The van der Waals surface area contributed by atoms with Crippen LogP contribution in [-0.4, -0.2) is 0 Å². The normalized spacial score (nSPS) is 17.4. The van der Waals surface area contributed by atoms with Crippen LogP contribution in [0.1, 0.15) is 24.0 Å². The summed E-state index contributed by atoms with van der Waals surface area (Å²) in [6.07, 6.45) is 15.5. The van der Waals surface area contributed by atoms with Gasteiger partial charge in [-0.25, -0.2) is 0 Å². The third kappa shape index (κ3) is 2.09. The predicted molar refractivity (Wildman–Crippen MR) is 69.5 cm³/mol. The van der Waals surface area contributed by atoms with Gasteiger partial charge in [-0.1, -0.05) is 0 Å². The molecule has 0 unspecified atom stereocenters. The number of hydrogen-bond acceptors (Lipinski definition) is 0. The number of allylic oxidation sites excluding steroid dienone is 8. The molecule has 1 aromatic rings. The molecule has 0 radical (unpaired) electrons. The Labute approximate surface area is 117 Å². The van der Waals surface area contributed by atoms with Gasteiger partial charge < -0.3 is 0 Å². The number of benzene rings is 1. The molecule has 0 bridgehead atoms. The number of rotatable bonds is 2. The van der Waals surface area contributed by atoms with Crippen molar-refractivity contribution in [3.05, 3.63) is 65.8 Å². The molecule has 3 rings (SSSR count). The summed E-state index contributed by atoms with van der Waals surface area (Å²) in [7, 11) is 0. The second-order valence-corrected chi connectivity index (χ2v) is 6.31. The van der Waals surface area contributed by atoms with Crippen molar-refractivity contribution < 1.29 is 24.4 Å². The predicted octanol–water partition coefficient (Wildman–Crippen LogP) is 3.55. The van der Waals surface area contributed by atoms with Gasteiger partial charge in [0.2, 0.25) is 0 Å². The molecule has 0 fully saturated rings. The van der Waals surface area contributed by atoms with Gasteiger partial charge in [0.05, 0.1) is 0 Å². The monoisotopic (exact) mass is 385 g/mol. The Morgan fingerprint density at radius 1 is 0.882 bits per heavy atom. The minimum absolute atomic E-state index is 1.08. The summed E-state index contributed by atoms with van der Waals surface area (Å²) in [4.78, 5) is 0. The standard InChI is InChI=1S/C16H13.Hf/c1-2-8-13(7-1)15-11-5-6-12-16(15)14-9-3-4-10-14;/h1-7,9,11H,8,10H2;. The van der Waals surface area contributed by atoms with Crippen LogP contribution in [0.3, 0.4) is 0 Å². The Balaban J connectivity index is 2.12. The molecule has 1 aromatic carbocycles. The van der Waals surface area contributed by atoms with Crippen LogP contribution in [0.4, 0.5) is 0 Å². The zero-order valence-electron chi connectivity index (χ0n) is 9.61. The molecule has 81 valence electrons. The molecule has 0 heterocycles. The van der Waals surface area contributed by atoms with Gasteiger partial charge in [0.1, 0.15) is 0 Å². The number of hydrogen-bond donors (Lipinski definition) is 0. The SMILES string of the molecule is [Hf][c]1cccc(C2=CC=CC2)c1C1=CC=CC1. The summed E-state index contributed by atoms with van der Waals surface area (Å²) in [5.74, 6) is 0. The Bertz CT molecular complexity index is 571. The van der Waals surface area contributed by atoms with Gasteiger partial charge in [0.25, 0.3) is 0 Å². The second kappa shape index (κ2) is 4.73. The van der Waals surface area contributed by atoms with Crippen LogP contribution in [0.15, 0.2) is 54.7 Å². The fourth-order valence-corrected chi connectivity index (χ4v) is 3.85. The topological polar surface area (TPSA) is 0 Å². The van der Waals surface area contributed by atoms with Crippen LogP contribution in [0, 0.1) is 0 Å². The fourth-order valence-electron chi connectivity index (χ4n) is 2.45. The van der Waals surface area contributed by atoms with E-state index in [9.17, 15) is 0 Å². The van der Waals surface area contributed by atoms with Gasteiger partial charge in [-0.05, 0) is 0 Å². The molecule has 0 amide bonds. The van der Waals surface area contributed by atoms with Gasteiger partial charge in [-0.3, -0.25) is 0 Å². The van der Waals surface area contributed by atoms with Gasteiger partial charge in [0, 0.05) is 0 Å². The molecule has 0 N–H and O–H groups in total. The molecule has 1 heteroatoms. The molecule has 0 spiro atoms. The fraction of sp³-hybridized carbons (Fsp3) is 0.125. The van der Waals surface area contributed by atoms with E-state index >= 15 is 0 Å². The Hall–Kier alpha value is -0.950. The molecule has 0 atom stereocenters. The Kier molecular flexibility index (Phi) is 3.11. The first kappa shape index (κ1) is 11.2. The summed E-state index contributed by atoms with van der Waals surface area (Å²) in [6.45, 7) is 0. The van der Waals surface area contributed by atoms with Gasteiger partial charge in [-0.2, -0.15) is 0 Å². The van der Waals surface area contributed by atoms with Gasteiger partial charge >= 0.3 is 117 Å². The Morgan fingerprint density at radius 3 is 2.24 bits per heavy atom. The van der Waals surface area contributed by atoms with E-state index in [-0.39, 0.29) is 0 Å². The molecule has 0 aliphatic heterocycles. The van der Waals surface area contributed by atoms with Crippen LogP contribution in [0.2, 0.25) is 0 Å². The van der Waals surface area contributed by atoms with Crippen molar-refractivity contribution >= 4 is 14.5 Å². The maximum absolute atomic E-state index is 2.27. The zero-order valence-corrected chi connectivity index (χ0v) is 13.2. The van der Waals surface area contributed by atoms with Crippen LogP contribution in [0.25, 0.3) is 11.1 Å². The van der Waals surface area contributed by atoms with E-state index in [2.05, 4.69) is 54.7 Å². The maximum atomic E-state index is 2.27. The molecule has 17 heavy (non-hydrogen) atoms. The van der Waals surface area contributed by atoms with E-state index in [4.69, 9.17) is 0 Å². The second-order valence-electron chi connectivity index (χ2n) is 4.38. The summed E-state index contributed by atoms with van der Waals surface area (Å²) in [5.41, 5.74) is 5.89. The van der Waals surface area contributed by atoms with Crippen LogP contribution >= 0.6 is 0 Å². The van der Waals surface area contributed by atoms with Crippen molar-refractivity contribution in [1.82, 2.24) is 0 Å². The molecule has 0 saturated carbocycles. The van der Waals surface area contributed by atoms with E-state index < -0.39 is 0 Å². The molecule has 0 nitrogen and oxygen atoms in total. The molecule has 0 aromatic heterocycles. The van der Waals surface area contributed by atoms with E-state index in [0.29, 0.717) is 0 Å². The van der Waals surface area contributed by atoms with Crippen molar-refractivity contribution in [3.8, 4) is 0 Å². The summed E-state index contributed by atoms with van der Waals surface area (Å²) >= 11 is 1.11.